The van der Waals surface area contributed by atoms with Crippen molar-refractivity contribution in [2.45, 2.75) is 25.1 Å². The quantitative estimate of drug-likeness (QED) is 0.523. The molecule has 2 atom stereocenters. The van der Waals surface area contributed by atoms with E-state index in [0.29, 0.717) is 25.3 Å². The normalized spacial score (nSPS) is 22.3. The van der Waals surface area contributed by atoms with Crippen LogP contribution in [0.4, 0.5) is 5.82 Å². The zero-order chi connectivity index (χ0) is 21.4. The fraction of sp³-hybridized carbons (Fsp3) is 0.409. The summed E-state index contributed by atoms with van der Waals surface area (Å²) in [4.78, 5) is 26.1. The molecule has 0 spiro atoms. The van der Waals surface area contributed by atoms with Crippen LogP contribution >= 0.6 is 11.3 Å². The topological polar surface area (TPSA) is 106 Å². The number of nitrogens with zero attached hydrogens (tertiary/aromatic N) is 3. The number of thiophene rings is 1. The molecule has 0 bridgehead atoms. The fourth-order valence-corrected chi connectivity index (χ4v) is 5.42. The first-order valence-electron chi connectivity index (χ1n) is 10.6. The van der Waals surface area contributed by atoms with E-state index < -0.39 is 18.1 Å². The van der Waals surface area contributed by atoms with E-state index in [4.69, 9.17) is 20.4 Å². The maximum Gasteiger partial charge on any atom is 0.240 e. The Kier molecular flexibility index (Phi) is 5.58. The second-order valence-corrected chi connectivity index (χ2v) is 9.02. The molecular weight excluding hydrogens is 414 g/mol. The Bertz CT molecular complexity index is 1080. The van der Waals surface area contributed by atoms with Crippen LogP contribution in [0.3, 0.4) is 0 Å². The molecule has 0 radical (unpaired) electrons. The number of amides is 1. The van der Waals surface area contributed by atoms with E-state index in [9.17, 15) is 9.90 Å². The van der Waals surface area contributed by atoms with Gasteiger partial charge in [-0.15, -0.1) is 11.3 Å². The summed E-state index contributed by atoms with van der Waals surface area (Å²) in [5.74, 6) is 0.985. The van der Waals surface area contributed by atoms with Crippen molar-refractivity contribution in [3.8, 4) is 11.1 Å². The molecule has 4 N–H and O–H groups in total. The second kappa shape index (κ2) is 8.51. The Labute approximate surface area is 184 Å². The van der Waals surface area contributed by atoms with Gasteiger partial charge in [0.05, 0.1) is 24.7 Å². The summed E-state index contributed by atoms with van der Waals surface area (Å²) in [7, 11) is 0. The zero-order valence-electron chi connectivity index (χ0n) is 17.2. The van der Waals surface area contributed by atoms with Crippen LogP contribution in [0.5, 0.6) is 0 Å². The predicted octanol–water partition coefficient (Wildman–Crippen LogP) is 0.198. The van der Waals surface area contributed by atoms with Crippen molar-refractivity contribution in [1.82, 2.24) is 9.97 Å². The number of β-amino-alcohol motifs (C(OH)–C–C–N with tert-alkyl or cyclic N) is 1. The summed E-state index contributed by atoms with van der Waals surface area (Å²) in [6.45, 7) is 4.34. The molecule has 2 aliphatic heterocycles. The summed E-state index contributed by atoms with van der Waals surface area (Å²) in [5.41, 5.74) is 7.80. The number of aliphatic hydroxyl groups excluding tert-OH is 1. The van der Waals surface area contributed by atoms with Crippen LogP contribution in [0.25, 0.3) is 21.3 Å². The monoisotopic (exact) mass is 440 g/mol. The Balaban J connectivity index is 1.63. The third-order valence-corrected chi connectivity index (χ3v) is 6.91. The van der Waals surface area contributed by atoms with E-state index in [0.717, 1.165) is 53.5 Å². The number of hydrogen-bond acceptors (Lipinski definition) is 7. The van der Waals surface area contributed by atoms with E-state index >= 15 is 0 Å². The third kappa shape index (κ3) is 4.01. The zero-order valence-corrected chi connectivity index (χ0v) is 18.0. The van der Waals surface area contributed by atoms with E-state index in [1.807, 2.05) is 23.1 Å². The lowest BCUT2D eigenvalue weighted by atomic mass is 10.1. The lowest BCUT2D eigenvalue weighted by molar-refractivity contribution is -0.922. The summed E-state index contributed by atoms with van der Waals surface area (Å²) in [6.07, 6.45) is -0.301. The number of quaternary nitrogens is 1. The smallest absolute Gasteiger partial charge is 0.240 e. The summed E-state index contributed by atoms with van der Waals surface area (Å²) < 4.78 is 5.47. The van der Waals surface area contributed by atoms with Gasteiger partial charge in [0, 0.05) is 23.9 Å². The van der Waals surface area contributed by atoms with Crippen molar-refractivity contribution >= 4 is 33.3 Å². The van der Waals surface area contributed by atoms with Crippen LogP contribution < -0.4 is 15.5 Å². The highest BCUT2D eigenvalue weighted by Crippen LogP contribution is 2.40. The van der Waals surface area contributed by atoms with Crippen molar-refractivity contribution in [3.05, 3.63) is 41.5 Å². The van der Waals surface area contributed by atoms with Gasteiger partial charge in [-0.1, -0.05) is 30.3 Å². The maximum absolute atomic E-state index is 12.2. The molecule has 2 aliphatic rings. The van der Waals surface area contributed by atoms with Gasteiger partial charge in [0.2, 0.25) is 5.91 Å². The summed E-state index contributed by atoms with van der Waals surface area (Å²) >= 11 is 1.58. The van der Waals surface area contributed by atoms with Crippen molar-refractivity contribution < 1.29 is 19.5 Å². The number of carbonyl (C=O) groups excluding carboxylic acids is 1. The number of hydrogen-bond donors (Lipinski definition) is 3. The Morgan fingerprint density at radius 3 is 2.77 bits per heavy atom. The number of nitrogens with one attached hydrogen (secondary N) is 1. The fourth-order valence-electron chi connectivity index (χ4n) is 4.46. The third-order valence-electron chi connectivity index (χ3n) is 6.03. The molecule has 31 heavy (non-hydrogen) atoms. The van der Waals surface area contributed by atoms with Crippen molar-refractivity contribution in [2.75, 3.05) is 37.7 Å². The highest BCUT2D eigenvalue weighted by atomic mass is 32.1. The van der Waals surface area contributed by atoms with Gasteiger partial charge in [-0.2, -0.15) is 0 Å². The number of aromatic nitrogens is 2. The lowest BCUT2D eigenvalue weighted by Crippen LogP contribution is -3.12. The molecule has 0 aliphatic carbocycles. The molecule has 3 aromatic rings. The standard InChI is InChI=1S/C22H25N5O3S/c23-20(29)17-10-15(28)11-27(17)21-19-16(14-4-2-1-3-5-14)13-31-22(19)25-18(24-21)12-26-6-8-30-9-7-26/h1-5,13,15,17,28H,6-12H2,(H2,23,29)/p+1/t15-,17+/m0/s1. The number of benzene rings is 1. The minimum absolute atomic E-state index is 0.315. The van der Waals surface area contributed by atoms with Gasteiger partial charge in [0.1, 0.15) is 36.3 Å². The van der Waals surface area contributed by atoms with Gasteiger partial charge in [-0.05, 0) is 5.56 Å². The molecule has 5 rings (SSSR count). The maximum atomic E-state index is 12.2. The molecule has 162 valence electrons. The largest absolute Gasteiger partial charge is 0.391 e. The van der Waals surface area contributed by atoms with Gasteiger partial charge >= 0.3 is 0 Å². The first-order valence-corrected chi connectivity index (χ1v) is 11.5. The molecule has 0 saturated carbocycles. The average Bonchev–Trinajstić information content (AvgIpc) is 3.38. The van der Waals surface area contributed by atoms with Crippen LogP contribution in [0.15, 0.2) is 35.7 Å². The molecule has 4 heterocycles. The summed E-state index contributed by atoms with van der Waals surface area (Å²) in [6, 6.07) is 9.52. The van der Waals surface area contributed by atoms with Crippen molar-refractivity contribution in [2.24, 2.45) is 5.73 Å². The van der Waals surface area contributed by atoms with E-state index in [1.165, 1.54) is 4.90 Å². The number of nitrogens with two attached hydrogens (primary N) is 1. The van der Waals surface area contributed by atoms with Crippen LogP contribution in [-0.2, 0) is 16.1 Å². The molecule has 0 unspecified atom stereocenters. The molecule has 2 saturated heterocycles. The first kappa shape index (κ1) is 20.3. The van der Waals surface area contributed by atoms with E-state index in [-0.39, 0.29) is 0 Å². The van der Waals surface area contributed by atoms with Gasteiger partial charge in [-0.3, -0.25) is 4.79 Å². The number of fused-ring (bicyclic) bond motifs is 1. The number of aliphatic hydroxyl groups is 1. The van der Waals surface area contributed by atoms with Gasteiger partial charge < -0.3 is 25.4 Å². The molecule has 1 aromatic carbocycles. The van der Waals surface area contributed by atoms with Crippen LogP contribution in [0, 0.1) is 0 Å². The first-order chi connectivity index (χ1) is 15.1. The molecule has 9 heteroatoms. The number of anilines is 1. The number of carbonyl (C=O) groups is 1. The molecule has 1 amide bonds. The molecule has 2 aromatic heterocycles. The number of morpholine rings is 1. The minimum Gasteiger partial charge on any atom is -0.391 e. The van der Waals surface area contributed by atoms with Gasteiger partial charge in [0.25, 0.3) is 0 Å². The second-order valence-electron chi connectivity index (χ2n) is 8.16. The Morgan fingerprint density at radius 2 is 2.03 bits per heavy atom. The van der Waals surface area contributed by atoms with Crippen LogP contribution in [0.1, 0.15) is 12.2 Å². The number of ether oxygens (including phenoxy) is 1. The molecule has 2 fully saturated rings. The molecule has 8 nitrogen and oxygen atoms in total. The number of rotatable bonds is 5. The SMILES string of the molecule is NC(=O)[C@H]1C[C@H](O)CN1c1nc(C[NH+]2CCOCC2)nc2scc(-c3ccccc3)c12. The number of primary amides is 1. The minimum atomic E-state index is -0.616. The Morgan fingerprint density at radius 1 is 1.26 bits per heavy atom. The predicted molar refractivity (Wildman–Crippen MR) is 119 cm³/mol. The Hall–Kier alpha value is -2.59. The van der Waals surface area contributed by atoms with E-state index in [2.05, 4.69) is 17.5 Å². The highest BCUT2D eigenvalue weighted by Gasteiger charge is 2.37. The average molecular weight is 441 g/mol. The van der Waals surface area contributed by atoms with Crippen LogP contribution in [0.2, 0.25) is 0 Å². The van der Waals surface area contributed by atoms with Gasteiger partial charge in [0.15, 0.2) is 5.82 Å². The van der Waals surface area contributed by atoms with Crippen molar-refractivity contribution in [1.29, 1.82) is 0 Å². The van der Waals surface area contributed by atoms with E-state index in [1.54, 1.807) is 11.3 Å². The highest BCUT2D eigenvalue weighted by molar-refractivity contribution is 7.17. The lowest BCUT2D eigenvalue weighted by Gasteiger charge is -2.26. The molecular formula is C22H26N5O3S+. The van der Waals surface area contributed by atoms with Crippen molar-refractivity contribution in [3.63, 3.8) is 0 Å². The van der Waals surface area contributed by atoms with Crippen LogP contribution in [-0.4, -0.2) is 66.0 Å². The summed E-state index contributed by atoms with van der Waals surface area (Å²) in [5, 5.41) is 13.3. The van der Waals surface area contributed by atoms with Gasteiger partial charge in [-0.25, -0.2) is 9.97 Å².